The Morgan fingerprint density at radius 3 is 1.33 bits per heavy atom. The van der Waals surface area contributed by atoms with Crippen LogP contribution in [0.5, 0.6) is 0 Å². The molecule has 0 saturated carbocycles. The van der Waals surface area contributed by atoms with Crippen molar-refractivity contribution >= 4 is 5.91 Å². The Morgan fingerprint density at radius 2 is 0.857 bits per heavy atom. The Kier molecular flexibility index (Phi) is 39.4. The summed E-state index contributed by atoms with van der Waals surface area (Å²) in [5, 5.41) is 22.8. The van der Waals surface area contributed by atoms with Crippen LogP contribution in [0, 0.1) is 0 Å². The number of rotatable bonds is 38. The van der Waals surface area contributed by atoms with Gasteiger partial charge in [0.15, 0.2) is 0 Å². The van der Waals surface area contributed by atoms with E-state index in [1.165, 1.54) is 154 Å². The minimum atomic E-state index is -0.859. The molecule has 0 spiro atoms. The normalized spacial score (nSPS) is 13.5. The van der Waals surface area contributed by atoms with Crippen molar-refractivity contribution in [2.75, 3.05) is 6.61 Å². The molecule has 4 nitrogen and oxygen atoms in total. The zero-order valence-electron chi connectivity index (χ0n) is 32.7. The first-order chi connectivity index (χ1) is 24.2. The Morgan fingerprint density at radius 1 is 0.490 bits per heavy atom. The lowest BCUT2D eigenvalue weighted by atomic mass is 10.0. The minimum absolute atomic E-state index is 0.0767. The number of allylic oxidation sites excluding steroid dienone is 7. The van der Waals surface area contributed by atoms with Crippen LogP contribution in [-0.2, 0) is 4.79 Å². The molecule has 0 aromatic heterocycles. The monoisotopic (exact) mass is 686 g/mol. The van der Waals surface area contributed by atoms with E-state index in [1.54, 1.807) is 6.08 Å². The number of carbonyl (C=O) groups is 1. The van der Waals surface area contributed by atoms with Gasteiger partial charge in [-0.3, -0.25) is 4.79 Å². The molecule has 1 amide bonds. The van der Waals surface area contributed by atoms with Crippen LogP contribution in [0.2, 0.25) is 0 Å². The lowest BCUT2D eigenvalue weighted by Gasteiger charge is -2.19. The number of unbranched alkanes of at least 4 members (excludes halogenated alkanes) is 25. The summed E-state index contributed by atoms with van der Waals surface area (Å²) in [5.74, 6) is -0.0767. The van der Waals surface area contributed by atoms with Crippen LogP contribution in [0.3, 0.4) is 0 Å². The van der Waals surface area contributed by atoms with Gasteiger partial charge in [0.25, 0.3) is 0 Å². The highest BCUT2D eigenvalue weighted by molar-refractivity contribution is 5.76. The number of aliphatic hydroxyl groups is 2. The van der Waals surface area contributed by atoms with E-state index in [0.717, 1.165) is 38.5 Å². The van der Waals surface area contributed by atoms with Crippen LogP contribution < -0.4 is 5.32 Å². The number of hydrogen-bond acceptors (Lipinski definition) is 3. The number of amides is 1. The fourth-order valence-electron chi connectivity index (χ4n) is 6.22. The Hall–Kier alpha value is -1.65. The van der Waals surface area contributed by atoms with Crippen molar-refractivity contribution in [3.05, 3.63) is 48.6 Å². The summed E-state index contributed by atoms with van der Waals surface area (Å²) in [7, 11) is 0. The second kappa shape index (κ2) is 40.8. The van der Waals surface area contributed by atoms with Gasteiger partial charge in [-0.15, -0.1) is 0 Å². The lowest BCUT2D eigenvalue weighted by molar-refractivity contribution is -0.123. The zero-order chi connectivity index (χ0) is 35.7. The van der Waals surface area contributed by atoms with Gasteiger partial charge in [-0.2, -0.15) is 0 Å². The van der Waals surface area contributed by atoms with Crippen molar-refractivity contribution in [3.63, 3.8) is 0 Å². The first kappa shape index (κ1) is 47.4. The van der Waals surface area contributed by atoms with Gasteiger partial charge >= 0.3 is 0 Å². The fraction of sp³-hybridized carbons (Fsp3) is 0.800. The molecule has 49 heavy (non-hydrogen) atoms. The number of aliphatic hydroxyl groups excluding tert-OH is 2. The van der Waals surface area contributed by atoms with Gasteiger partial charge in [-0.1, -0.05) is 191 Å². The van der Waals surface area contributed by atoms with Crippen molar-refractivity contribution in [2.45, 2.75) is 225 Å². The molecule has 0 aromatic carbocycles. The molecular formula is C45H83NO3. The van der Waals surface area contributed by atoms with E-state index in [2.05, 4.69) is 55.6 Å². The maximum absolute atomic E-state index is 12.3. The molecule has 0 aliphatic rings. The standard InChI is InChI=1S/C45H83NO3/c1-3-5-7-9-11-13-15-16-17-18-19-20-21-22-23-24-25-26-27-28-29-30-31-33-35-37-39-41-45(49)46-43(42-47)44(48)40-38-36-34-32-14-12-10-8-6-4-2/h14-16,18-19,32,38,40,43-44,47-48H,3-13,17,20-31,33-37,39,41-42H2,1-2H3,(H,46,49)/b16-15-,19-18-,32-14+,40-38+. The molecule has 0 saturated heterocycles. The Balaban J connectivity index is 3.50. The minimum Gasteiger partial charge on any atom is -0.394 e. The van der Waals surface area contributed by atoms with Crippen LogP contribution >= 0.6 is 0 Å². The average molecular weight is 686 g/mol. The molecule has 0 fully saturated rings. The van der Waals surface area contributed by atoms with Gasteiger partial charge in [0, 0.05) is 6.42 Å². The molecule has 0 aliphatic carbocycles. The summed E-state index contributed by atoms with van der Waals surface area (Å²) in [6, 6.07) is -0.636. The van der Waals surface area contributed by atoms with Crippen LogP contribution in [0.15, 0.2) is 48.6 Å². The molecule has 286 valence electrons. The average Bonchev–Trinajstić information content (AvgIpc) is 3.10. The Labute approximate surface area is 305 Å². The van der Waals surface area contributed by atoms with E-state index in [4.69, 9.17) is 0 Å². The lowest BCUT2D eigenvalue weighted by Crippen LogP contribution is -2.45. The SMILES string of the molecule is CCCCCC/C=C/CC/C=C/C(O)C(CO)NC(=O)CCCCCCCCCCCCCCCCC/C=C\C/C=C\CCCCCCC. The summed E-state index contributed by atoms with van der Waals surface area (Å²) in [6.45, 7) is 4.25. The number of hydrogen-bond donors (Lipinski definition) is 3. The van der Waals surface area contributed by atoms with Crippen LogP contribution in [-0.4, -0.2) is 34.9 Å². The third kappa shape index (κ3) is 37.4. The highest BCUT2D eigenvalue weighted by Crippen LogP contribution is 2.15. The van der Waals surface area contributed by atoms with Crippen LogP contribution in [0.1, 0.15) is 213 Å². The molecule has 0 bridgehead atoms. The van der Waals surface area contributed by atoms with Gasteiger partial charge < -0.3 is 15.5 Å². The second-order valence-electron chi connectivity index (χ2n) is 14.4. The van der Waals surface area contributed by atoms with Crippen molar-refractivity contribution in [3.8, 4) is 0 Å². The van der Waals surface area contributed by atoms with E-state index in [0.29, 0.717) is 6.42 Å². The van der Waals surface area contributed by atoms with Crippen molar-refractivity contribution in [2.24, 2.45) is 0 Å². The maximum atomic E-state index is 12.3. The second-order valence-corrected chi connectivity index (χ2v) is 14.4. The largest absolute Gasteiger partial charge is 0.394 e. The van der Waals surface area contributed by atoms with E-state index < -0.39 is 12.1 Å². The van der Waals surface area contributed by atoms with Crippen molar-refractivity contribution in [1.29, 1.82) is 0 Å². The number of nitrogens with one attached hydrogen (secondary N) is 1. The molecule has 0 aliphatic heterocycles. The van der Waals surface area contributed by atoms with Gasteiger partial charge in [-0.25, -0.2) is 0 Å². The topological polar surface area (TPSA) is 69.6 Å². The van der Waals surface area contributed by atoms with Crippen LogP contribution in [0.25, 0.3) is 0 Å². The van der Waals surface area contributed by atoms with E-state index >= 15 is 0 Å². The molecule has 0 heterocycles. The summed E-state index contributed by atoms with van der Waals surface area (Å²) in [4.78, 5) is 12.3. The van der Waals surface area contributed by atoms with Gasteiger partial charge in [0.1, 0.15) is 0 Å². The van der Waals surface area contributed by atoms with Crippen molar-refractivity contribution < 1.29 is 15.0 Å². The predicted octanol–water partition coefficient (Wildman–Crippen LogP) is 13.2. The number of carbonyl (C=O) groups excluding carboxylic acids is 1. The van der Waals surface area contributed by atoms with E-state index in [9.17, 15) is 15.0 Å². The molecule has 0 rings (SSSR count). The summed E-state index contributed by atoms with van der Waals surface area (Å²) >= 11 is 0. The highest BCUT2D eigenvalue weighted by Gasteiger charge is 2.17. The van der Waals surface area contributed by atoms with Crippen molar-refractivity contribution in [1.82, 2.24) is 5.32 Å². The molecule has 0 aromatic rings. The van der Waals surface area contributed by atoms with E-state index in [1.807, 2.05) is 6.08 Å². The smallest absolute Gasteiger partial charge is 0.220 e. The zero-order valence-corrected chi connectivity index (χ0v) is 32.7. The summed E-state index contributed by atoms with van der Waals surface area (Å²) in [5.41, 5.74) is 0. The molecule has 0 radical (unpaired) electrons. The first-order valence-corrected chi connectivity index (χ1v) is 21.4. The third-order valence-corrected chi connectivity index (χ3v) is 9.53. The van der Waals surface area contributed by atoms with Gasteiger partial charge in [-0.05, 0) is 64.2 Å². The van der Waals surface area contributed by atoms with Gasteiger partial charge in [0.2, 0.25) is 5.91 Å². The molecule has 4 heteroatoms. The quantitative estimate of drug-likeness (QED) is 0.0447. The van der Waals surface area contributed by atoms with E-state index in [-0.39, 0.29) is 12.5 Å². The summed E-state index contributed by atoms with van der Waals surface area (Å²) in [6.07, 6.45) is 55.1. The maximum Gasteiger partial charge on any atom is 0.220 e. The highest BCUT2D eigenvalue weighted by atomic mass is 16.3. The first-order valence-electron chi connectivity index (χ1n) is 21.4. The molecular weight excluding hydrogens is 602 g/mol. The molecule has 2 atom stereocenters. The fourth-order valence-corrected chi connectivity index (χ4v) is 6.22. The third-order valence-electron chi connectivity index (χ3n) is 9.53. The van der Waals surface area contributed by atoms with Crippen LogP contribution in [0.4, 0.5) is 0 Å². The van der Waals surface area contributed by atoms with Gasteiger partial charge in [0.05, 0.1) is 18.8 Å². The molecule has 3 N–H and O–H groups in total. The summed E-state index contributed by atoms with van der Waals surface area (Å²) < 4.78 is 0. The predicted molar refractivity (Wildman–Crippen MR) is 216 cm³/mol. The molecule has 2 unspecified atom stereocenters. The Bertz CT molecular complexity index is 786.